The first-order valence-corrected chi connectivity index (χ1v) is 7.13. The van der Waals surface area contributed by atoms with Crippen LogP contribution in [0.2, 0.25) is 0 Å². The summed E-state index contributed by atoms with van der Waals surface area (Å²) >= 11 is 1.34. The average Bonchev–Trinajstić information content (AvgIpc) is 2.35. The van der Waals surface area contributed by atoms with Crippen LogP contribution < -0.4 is 0 Å². The van der Waals surface area contributed by atoms with Crippen LogP contribution >= 0.6 is 11.8 Å². The van der Waals surface area contributed by atoms with Crippen LogP contribution in [-0.4, -0.2) is 21.3 Å². The lowest BCUT2D eigenvalue weighted by Gasteiger charge is -2.16. The van der Waals surface area contributed by atoms with Crippen LogP contribution in [0.15, 0.2) is 35.4 Å². The van der Waals surface area contributed by atoms with Crippen molar-refractivity contribution in [3.05, 3.63) is 35.9 Å². The molecule has 1 unspecified atom stereocenters. The van der Waals surface area contributed by atoms with E-state index >= 15 is 0 Å². The summed E-state index contributed by atoms with van der Waals surface area (Å²) in [6.07, 6.45) is 0. The van der Waals surface area contributed by atoms with Crippen LogP contribution in [0.25, 0.3) is 10.9 Å². The largest absolute Gasteiger partial charge is 0.480 e. The second-order valence-corrected chi connectivity index (χ2v) is 6.05. The highest BCUT2D eigenvalue weighted by Gasteiger charge is 2.24. The second-order valence-electron chi connectivity index (χ2n) is 4.92. The number of aromatic nitrogens is 1. The highest BCUT2D eigenvalue weighted by Crippen LogP contribution is 2.31. The van der Waals surface area contributed by atoms with Crippen LogP contribution in [0, 0.1) is 12.8 Å². The van der Waals surface area contributed by atoms with Crippen molar-refractivity contribution < 1.29 is 9.90 Å². The Labute approximate surface area is 117 Å². The molecule has 1 atom stereocenters. The molecule has 1 N–H and O–H groups in total. The standard InChI is InChI=1S/C15H17NO2S/c1-9(2)13(15(17)18)19-14-10(3)8-11-6-4-5-7-12(11)16-14/h4-9,13H,1-3H3,(H,17,18). The van der Waals surface area contributed by atoms with Crippen molar-refractivity contribution in [2.45, 2.75) is 31.0 Å². The summed E-state index contributed by atoms with van der Waals surface area (Å²) in [5.41, 5.74) is 1.93. The number of carboxylic acid groups (broad SMARTS) is 1. The van der Waals surface area contributed by atoms with Gasteiger partial charge in [-0.2, -0.15) is 0 Å². The molecular formula is C15H17NO2S. The number of pyridine rings is 1. The Hall–Kier alpha value is -1.55. The van der Waals surface area contributed by atoms with E-state index in [1.807, 2.05) is 45.0 Å². The monoisotopic (exact) mass is 275 g/mol. The molecule has 1 aromatic carbocycles. The lowest BCUT2D eigenvalue weighted by Crippen LogP contribution is -2.22. The van der Waals surface area contributed by atoms with Gasteiger partial charge in [-0.3, -0.25) is 4.79 Å². The van der Waals surface area contributed by atoms with Gasteiger partial charge in [-0.15, -0.1) is 0 Å². The maximum Gasteiger partial charge on any atom is 0.317 e. The molecule has 0 saturated heterocycles. The third-order valence-corrected chi connectivity index (χ3v) is 4.59. The number of hydrogen-bond donors (Lipinski definition) is 1. The van der Waals surface area contributed by atoms with Crippen LogP contribution in [0.3, 0.4) is 0 Å². The third-order valence-electron chi connectivity index (χ3n) is 2.96. The molecule has 0 bridgehead atoms. The molecule has 0 aliphatic heterocycles. The average molecular weight is 275 g/mol. The Morgan fingerprint density at radius 1 is 1.32 bits per heavy atom. The summed E-state index contributed by atoms with van der Waals surface area (Å²) in [6.45, 7) is 5.81. The summed E-state index contributed by atoms with van der Waals surface area (Å²) < 4.78 is 0. The number of hydrogen-bond acceptors (Lipinski definition) is 3. The first-order chi connectivity index (χ1) is 8.99. The van der Waals surface area contributed by atoms with Gasteiger partial charge >= 0.3 is 5.97 Å². The van der Waals surface area contributed by atoms with Crippen LogP contribution in [0.5, 0.6) is 0 Å². The Morgan fingerprint density at radius 2 is 2.00 bits per heavy atom. The van der Waals surface area contributed by atoms with Gasteiger partial charge in [0.25, 0.3) is 0 Å². The molecule has 4 heteroatoms. The molecule has 0 amide bonds. The van der Waals surface area contributed by atoms with E-state index in [9.17, 15) is 9.90 Å². The van der Waals surface area contributed by atoms with Gasteiger partial charge in [0.15, 0.2) is 0 Å². The number of fused-ring (bicyclic) bond motifs is 1. The molecule has 2 aromatic rings. The van der Waals surface area contributed by atoms with Crippen molar-refractivity contribution in [3.8, 4) is 0 Å². The Morgan fingerprint density at radius 3 is 2.63 bits per heavy atom. The van der Waals surface area contributed by atoms with Gasteiger partial charge in [0, 0.05) is 5.39 Å². The number of aliphatic carboxylic acids is 1. The molecular weight excluding hydrogens is 258 g/mol. The van der Waals surface area contributed by atoms with E-state index in [1.165, 1.54) is 11.8 Å². The van der Waals surface area contributed by atoms with Crippen molar-refractivity contribution in [2.75, 3.05) is 0 Å². The number of thioether (sulfide) groups is 1. The highest BCUT2D eigenvalue weighted by atomic mass is 32.2. The second kappa shape index (κ2) is 5.61. The van der Waals surface area contributed by atoms with E-state index in [0.717, 1.165) is 21.5 Å². The first-order valence-electron chi connectivity index (χ1n) is 6.25. The van der Waals surface area contributed by atoms with Crippen molar-refractivity contribution >= 4 is 28.6 Å². The normalized spacial score (nSPS) is 12.8. The van der Waals surface area contributed by atoms with Crippen LogP contribution in [0.4, 0.5) is 0 Å². The van der Waals surface area contributed by atoms with Crippen LogP contribution in [-0.2, 0) is 4.79 Å². The number of nitrogens with zero attached hydrogens (tertiary/aromatic N) is 1. The van der Waals surface area contributed by atoms with Gasteiger partial charge < -0.3 is 5.11 Å². The van der Waals surface area contributed by atoms with Crippen molar-refractivity contribution in [1.82, 2.24) is 4.98 Å². The smallest absolute Gasteiger partial charge is 0.317 e. The quantitative estimate of drug-likeness (QED) is 0.863. The zero-order valence-corrected chi connectivity index (χ0v) is 12.1. The van der Waals surface area contributed by atoms with E-state index in [4.69, 9.17) is 0 Å². The molecule has 1 heterocycles. The molecule has 19 heavy (non-hydrogen) atoms. The molecule has 3 nitrogen and oxygen atoms in total. The fourth-order valence-electron chi connectivity index (χ4n) is 1.92. The minimum absolute atomic E-state index is 0.0650. The van der Waals surface area contributed by atoms with E-state index < -0.39 is 11.2 Å². The molecule has 100 valence electrons. The maximum absolute atomic E-state index is 11.3. The number of benzene rings is 1. The number of aryl methyl sites for hydroxylation is 1. The number of carbonyl (C=O) groups is 1. The minimum Gasteiger partial charge on any atom is -0.480 e. The fourth-order valence-corrected chi connectivity index (χ4v) is 2.92. The Balaban J connectivity index is 2.39. The summed E-state index contributed by atoms with van der Waals surface area (Å²) in [5, 5.41) is 10.7. The molecule has 0 fully saturated rings. The van der Waals surface area contributed by atoms with Gasteiger partial charge in [0.1, 0.15) is 10.3 Å². The van der Waals surface area contributed by atoms with E-state index in [2.05, 4.69) is 11.1 Å². The van der Waals surface area contributed by atoms with E-state index in [0.29, 0.717) is 0 Å². The summed E-state index contributed by atoms with van der Waals surface area (Å²) in [4.78, 5) is 15.9. The first kappa shape index (κ1) is 13.9. The van der Waals surface area contributed by atoms with Crippen molar-refractivity contribution in [3.63, 3.8) is 0 Å². The van der Waals surface area contributed by atoms with Crippen molar-refractivity contribution in [2.24, 2.45) is 5.92 Å². The summed E-state index contributed by atoms with van der Waals surface area (Å²) in [6, 6.07) is 9.94. The predicted molar refractivity (Wildman–Crippen MR) is 78.6 cm³/mol. The summed E-state index contributed by atoms with van der Waals surface area (Å²) in [5.74, 6) is -0.718. The number of para-hydroxylation sites is 1. The molecule has 2 rings (SSSR count). The molecule has 0 saturated carbocycles. The van der Waals surface area contributed by atoms with E-state index in [1.54, 1.807) is 0 Å². The molecule has 1 aromatic heterocycles. The van der Waals surface area contributed by atoms with Gasteiger partial charge in [0.2, 0.25) is 0 Å². The van der Waals surface area contributed by atoms with Crippen LogP contribution in [0.1, 0.15) is 19.4 Å². The fraction of sp³-hybridized carbons (Fsp3) is 0.333. The van der Waals surface area contributed by atoms with Gasteiger partial charge in [0.05, 0.1) is 5.52 Å². The van der Waals surface area contributed by atoms with Crippen molar-refractivity contribution in [1.29, 1.82) is 0 Å². The molecule has 0 radical (unpaired) electrons. The lowest BCUT2D eigenvalue weighted by atomic mass is 10.1. The minimum atomic E-state index is -0.783. The third kappa shape index (κ3) is 3.07. The topological polar surface area (TPSA) is 50.2 Å². The Kier molecular flexibility index (Phi) is 4.10. The van der Waals surface area contributed by atoms with Gasteiger partial charge in [-0.25, -0.2) is 4.98 Å². The molecule has 0 aliphatic rings. The zero-order valence-electron chi connectivity index (χ0n) is 11.3. The molecule has 0 spiro atoms. The van der Waals surface area contributed by atoms with Gasteiger partial charge in [-0.05, 0) is 30.5 Å². The lowest BCUT2D eigenvalue weighted by molar-refractivity contribution is -0.137. The predicted octanol–water partition coefficient (Wildman–Crippen LogP) is 3.74. The SMILES string of the molecule is Cc1cc2ccccc2nc1SC(C(=O)O)C(C)C. The summed E-state index contributed by atoms with van der Waals surface area (Å²) in [7, 11) is 0. The Bertz CT molecular complexity index is 610. The molecule has 0 aliphatic carbocycles. The number of rotatable bonds is 4. The number of carboxylic acids is 1. The zero-order chi connectivity index (χ0) is 14.0. The maximum atomic E-state index is 11.3. The van der Waals surface area contributed by atoms with E-state index in [-0.39, 0.29) is 5.92 Å². The highest BCUT2D eigenvalue weighted by molar-refractivity contribution is 8.00. The van der Waals surface area contributed by atoms with Gasteiger partial charge in [-0.1, -0.05) is 43.8 Å².